The van der Waals surface area contributed by atoms with Gasteiger partial charge in [0.1, 0.15) is 5.76 Å². The highest BCUT2D eigenvalue weighted by atomic mass is 16.5. The number of carbonyl (C=O) groups is 1. The van der Waals surface area contributed by atoms with Gasteiger partial charge in [-0.1, -0.05) is 36.4 Å². The fourth-order valence-electron chi connectivity index (χ4n) is 2.52. The van der Waals surface area contributed by atoms with Gasteiger partial charge in [0.15, 0.2) is 0 Å². The molecule has 0 heterocycles. The van der Waals surface area contributed by atoms with Crippen LogP contribution >= 0.6 is 0 Å². The Morgan fingerprint density at radius 2 is 1.95 bits per heavy atom. The third kappa shape index (κ3) is 2.84. The molecule has 2 aliphatic carbocycles. The van der Waals surface area contributed by atoms with Crippen molar-refractivity contribution in [1.82, 2.24) is 0 Å². The summed E-state index contributed by atoms with van der Waals surface area (Å²) in [5, 5.41) is 0. The van der Waals surface area contributed by atoms with Crippen LogP contribution in [0.1, 0.15) is 24.8 Å². The minimum atomic E-state index is -0.195. The third-order valence-electron chi connectivity index (χ3n) is 3.48. The molecule has 2 nitrogen and oxygen atoms in total. The third-order valence-corrected chi connectivity index (χ3v) is 3.48. The Morgan fingerprint density at radius 3 is 2.79 bits per heavy atom. The summed E-state index contributed by atoms with van der Waals surface area (Å²) in [6.45, 7) is 0. The molecule has 19 heavy (non-hydrogen) atoms. The van der Waals surface area contributed by atoms with Crippen LogP contribution in [-0.4, -0.2) is 5.97 Å². The first-order valence-corrected chi connectivity index (χ1v) is 6.66. The number of carbonyl (C=O) groups excluding carboxylic acids is 1. The summed E-state index contributed by atoms with van der Waals surface area (Å²) in [5.41, 5.74) is 3.70. The summed E-state index contributed by atoms with van der Waals surface area (Å²) >= 11 is 0. The standard InChI is InChI=1S/C17H16O2/c18-17(11-13-5-2-1-3-6-13)19-16-10-9-14-7-4-8-15(14)12-16/h1-3,5-7,10,12H,4,8-9,11H2. The van der Waals surface area contributed by atoms with E-state index in [2.05, 4.69) is 6.08 Å². The zero-order chi connectivity index (χ0) is 13.1. The Kier molecular flexibility index (Phi) is 3.32. The zero-order valence-corrected chi connectivity index (χ0v) is 10.8. The van der Waals surface area contributed by atoms with Crippen molar-refractivity contribution < 1.29 is 9.53 Å². The second-order valence-electron chi connectivity index (χ2n) is 4.88. The summed E-state index contributed by atoms with van der Waals surface area (Å²) in [7, 11) is 0. The molecule has 0 saturated carbocycles. The zero-order valence-electron chi connectivity index (χ0n) is 10.8. The summed E-state index contributed by atoms with van der Waals surface area (Å²) in [4.78, 5) is 11.9. The van der Waals surface area contributed by atoms with Gasteiger partial charge in [-0.05, 0) is 48.1 Å². The number of esters is 1. The number of hydrogen-bond donors (Lipinski definition) is 0. The van der Waals surface area contributed by atoms with Gasteiger partial charge in [-0.2, -0.15) is 0 Å². The van der Waals surface area contributed by atoms with E-state index in [1.165, 1.54) is 11.1 Å². The molecule has 3 rings (SSSR count). The van der Waals surface area contributed by atoms with Crippen molar-refractivity contribution in [3.8, 4) is 0 Å². The van der Waals surface area contributed by atoms with Crippen LogP contribution in [0.2, 0.25) is 0 Å². The van der Waals surface area contributed by atoms with Crippen molar-refractivity contribution in [2.24, 2.45) is 0 Å². The fourth-order valence-corrected chi connectivity index (χ4v) is 2.52. The maximum Gasteiger partial charge on any atom is 0.315 e. The van der Waals surface area contributed by atoms with Crippen LogP contribution < -0.4 is 0 Å². The van der Waals surface area contributed by atoms with Crippen LogP contribution in [0.5, 0.6) is 0 Å². The Labute approximate surface area is 113 Å². The molecular formula is C17H16O2. The molecule has 0 N–H and O–H groups in total. The van der Waals surface area contributed by atoms with Gasteiger partial charge >= 0.3 is 5.97 Å². The van der Waals surface area contributed by atoms with E-state index < -0.39 is 0 Å². The summed E-state index contributed by atoms with van der Waals surface area (Å²) in [5.74, 6) is 0.509. The predicted octanol–water partition coefficient (Wildman–Crippen LogP) is 3.71. The highest BCUT2D eigenvalue weighted by Crippen LogP contribution is 2.32. The Hall–Kier alpha value is -2.09. The molecule has 0 spiro atoms. The van der Waals surface area contributed by atoms with E-state index in [1.807, 2.05) is 42.5 Å². The second kappa shape index (κ2) is 5.27. The normalized spacial score (nSPS) is 17.2. The minimum Gasteiger partial charge on any atom is -0.427 e. The predicted molar refractivity (Wildman–Crippen MR) is 74.3 cm³/mol. The number of rotatable bonds is 3. The quantitative estimate of drug-likeness (QED) is 0.767. The Morgan fingerprint density at radius 1 is 1.11 bits per heavy atom. The van der Waals surface area contributed by atoms with E-state index in [4.69, 9.17) is 4.74 Å². The van der Waals surface area contributed by atoms with Gasteiger partial charge in [0.05, 0.1) is 6.42 Å². The van der Waals surface area contributed by atoms with Gasteiger partial charge in [-0.15, -0.1) is 0 Å². The lowest BCUT2D eigenvalue weighted by molar-refractivity contribution is -0.138. The molecule has 2 aliphatic rings. The van der Waals surface area contributed by atoms with Crippen molar-refractivity contribution in [2.75, 3.05) is 0 Å². The van der Waals surface area contributed by atoms with Crippen molar-refractivity contribution in [3.05, 3.63) is 71.0 Å². The number of allylic oxidation sites excluding steroid dienone is 5. The number of hydrogen-bond acceptors (Lipinski definition) is 2. The second-order valence-corrected chi connectivity index (χ2v) is 4.88. The summed E-state index contributed by atoms with van der Waals surface area (Å²) < 4.78 is 5.42. The first kappa shape index (κ1) is 12.0. The van der Waals surface area contributed by atoms with Crippen LogP contribution in [0.15, 0.2) is 65.5 Å². The lowest BCUT2D eigenvalue weighted by Gasteiger charge is -2.13. The van der Waals surface area contributed by atoms with Crippen molar-refractivity contribution in [3.63, 3.8) is 0 Å². The van der Waals surface area contributed by atoms with Crippen molar-refractivity contribution in [1.29, 1.82) is 0 Å². The summed E-state index contributed by atoms with van der Waals surface area (Å²) in [6.07, 6.45) is 9.66. The highest BCUT2D eigenvalue weighted by Gasteiger charge is 2.17. The molecule has 0 bridgehead atoms. The van der Waals surface area contributed by atoms with E-state index in [-0.39, 0.29) is 5.97 Å². The maximum absolute atomic E-state index is 11.9. The van der Waals surface area contributed by atoms with Crippen LogP contribution in [0, 0.1) is 0 Å². The van der Waals surface area contributed by atoms with Crippen LogP contribution in [0.25, 0.3) is 0 Å². The van der Waals surface area contributed by atoms with Crippen molar-refractivity contribution >= 4 is 5.97 Å². The molecular weight excluding hydrogens is 236 g/mol. The van der Waals surface area contributed by atoms with Gasteiger partial charge in [-0.25, -0.2) is 0 Å². The maximum atomic E-state index is 11.9. The lowest BCUT2D eigenvalue weighted by Crippen LogP contribution is -2.08. The van der Waals surface area contributed by atoms with Gasteiger partial charge in [-0.3, -0.25) is 4.79 Å². The van der Waals surface area contributed by atoms with Gasteiger partial charge in [0.25, 0.3) is 0 Å². The first-order valence-electron chi connectivity index (χ1n) is 6.66. The first-order chi connectivity index (χ1) is 9.31. The largest absolute Gasteiger partial charge is 0.427 e. The van der Waals surface area contributed by atoms with E-state index in [0.29, 0.717) is 12.2 Å². The van der Waals surface area contributed by atoms with Gasteiger partial charge in [0, 0.05) is 0 Å². The highest BCUT2D eigenvalue weighted by molar-refractivity contribution is 5.74. The average molecular weight is 252 g/mol. The molecule has 1 aromatic carbocycles. The lowest BCUT2D eigenvalue weighted by atomic mass is 10.0. The minimum absolute atomic E-state index is 0.195. The Balaban J connectivity index is 1.62. The molecule has 0 amide bonds. The SMILES string of the molecule is O=C(Cc1ccccc1)OC1=CCC2=CCCC2=C1. The van der Waals surface area contributed by atoms with Gasteiger partial charge in [0.2, 0.25) is 0 Å². The van der Waals surface area contributed by atoms with Crippen molar-refractivity contribution in [2.45, 2.75) is 25.7 Å². The average Bonchev–Trinajstić information content (AvgIpc) is 2.87. The van der Waals surface area contributed by atoms with Crippen LogP contribution in [-0.2, 0) is 16.0 Å². The monoisotopic (exact) mass is 252 g/mol. The molecule has 0 aliphatic heterocycles. The van der Waals surface area contributed by atoms with Crippen LogP contribution in [0.4, 0.5) is 0 Å². The topological polar surface area (TPSA) is 26.3 Å². The molecule has 0 fully saturated rings. The number of ether oxygens (including phenoxy) is 1. The molecule has 0 atom stereocenters. The molecule has 0 radical (unpaired) electrons. The van der Waals surface area contributed by atoms with Crippen LogP contribution in [0.3, 0.4) is 0 Å². The fraction of sp³-hybridized carbons (Fsp3) is 0.235. The Bertz CT molecular complexity index is 577. The smallest absolute Gasteiger partial charge is 0.315 e. The molecule has 2 heteroatoms. The van der Waals surface area contributed by atoms with E-state index in [0.717, 1.165) is 24.8 Å². The van der Waals surface area contributed by atoms with Gasteiger partial charge < -0.3 is 4.74 Å². The summed E-state index contributed by atoms with van der Waals surface area (Å²) in [6, 6.07) is 9.68. The number of benzene rings is 1. The molecule has 0 saturated heterocycles. The molecule has 0 aromatic heterocycles. The van der Waals surface area contributed by atoms with E-state index >= 15 is 0 Å². The molecule has 96 valence electrons. The van der Waals surface area contributed by atoms with E-state index in [9.17, 15) is 4.79 Å². The van der Waals surface area contributed by atoms with E-state index in [1.54, 1.807) is 0 Å². The number of fused-ring (bicyclic) bond motifs is 1. The molecule has 1 aromatic rings. The molecule has 0 unspecified atom stereocenters.